The van der Waals surface area contributed by atoms with Crippen molar-refractivity contribution in [2.75, 3.05) is 11.9 Å². The normalized spacial score (nSPS) is 11.1. The number of nitrogens with one attached hydrogen (secondary N) is 1. The fourth-order valence-electron chi connectivity index (χ4n) is 3.45. The molecule has 0 saturated carbocycles. The number of amides is 1. The van der Waals surface area contributed by atoms with Gasteiger partial charge in [0.15, 0.2) is 6.61 Å². The van der Waals surface area contributed by atoms with Gasteiger partial charge in [-0.2, -0.15) is 0 Å². The smallest absolute Gasteiger partial charge is 0.262 e. The van der Waals surface area contributed by atoms with Crippen LogP contribution in [-0.2, 0) is 4.79 Å². The fraction of sp³-hybridized carbons (Fsp3) is 0.0400. The highest BCUT2D eigenvalue weighted by atomic mass is 35.5. The van der Waals surface area contributed by atoms with Crippen molar-refractivity contribution in [1.82, 2.24) is 4.98 Å². The van der Waals surface area contributed by atoms with Crippen LogP contribution in [0.5, 0.6) is 5.75 Å². The molecule has 32 heavy (non-hydrogen) atoms. The molecule has 1 amide bonds. The van der Waals surface area contributed by atoms with Crippen molar-refractivity contribution in [2.45, 2.75) is 0 Å². The lowest BCUT2D eigenvalue weighted by Crippen LogP contribution is -2.20. The summed E-state index contributed by atoms with van der Waals surface area (Å²) in [5.41, 5.74) is 2.06. The number of halogens is 2. The average molecular weight is 479 g/mol. The molecule has 0 spiro atoms. The first-order valence-corrected chi connectivity index (χ1v) is 11.4. The Labute approximate surface area is 198 Å². The predicted molar refractivity (Wildman–Crippen MR) is 133 cm³/mol. The Hall–Kier alpha value is -3.12. The lowest BCUT2D eigenvalue weighted by atomic mass is 10.1. The van der Waals surface area contributed by atoms with E-state index in [1.54, 1.807) is 12.1 Å². The van der Waals surface area contributed by atoms with Gasteiger partial charge in [-0.1, -0.05) is 71.7 Å². The summed E-state index contributed by atoms with van der Waals surface area (Å²) in [6, 6.07) is 24.8. The van der Waals surface area contributed by atoms with E-state index in [1.807, 2.05) is 66.7 Å². The number of thiazole rings is 1. The number of benzene rings is 4. The molecule has 0 fully saturated rings. The van der Waals surface area contributed by atoms with Gasteiger partial charge < -0.3 is 10.1 Å². The number of carbonyl (C=O) groups excluding carboxylic acids is 1. The highest BCUT2D eigenvalue weighted by molar-refractivity contribution is 7.21. The summed E-state index contributed by atoms with van der Waals surface area (Å²) in [6.07, 6.45) is 0. The van der Waals surface area contributed by atoms with E-state index in [-0.39, 0.29) is 12.5 Å². The van der Waals surface area contributed by atoms with Gasteiger partial charge in [-0.25, -0.2) is 4.98 Å². The maximum absolute atomic E-state index is 12.6. The molecule has 5 rings (SSSR count). The molecular weight excluding hydrogens is 463 g/mol. The summed E-state index contributed by atoms with van der Waals surface area (Å²) < 4.78 is 6.84. The molecule has 1 aromatic heterocycles. The summed E-state index contributed by atoms with van der Waals surface area (Å²) >= 11 is 14.3. The maximum Gasteiger partial charge on any atom is 0.262 e. The van der Waals surface area contributed by atoms with Crippen LogP contribution < -0.4 is 10.1 Å². The van der Waals surface area contributed by atoms with E-state index in [0.29, 0.717) is 27.0 Å². The molecule has 0 aliphatic carbocycles. The summed E-state index contributed by atoms with van der Waals surface area (Å²) in [5.74, 6) is 0.327. The van der Waals surface area contributed by atoms with Gasteiger partial charge in [-0.05, 0) is 35.7 Å². The number of fused-ring (bicyclic) bond motifs is 2. The molecule has 7 heteroatoms. The third-order valence-corrected chi connectivity index (χ3v) is 6.66. The van der Waals surface area contributed by atoms with Gasteiger partial charge in [0.2, 0.25) is 0 Å². The fourth-order valence-corrected chi connectivity index (χ4v) is 5.02. The second-order valence-electron chi connectivity index (χ2n) is 7.11. The van der Waals surface area contributed by atoms with Crippen LogP contribution in [0.3, 0.4) is 0 Å². The first-order chi connectivity index (χ1) is 15.6. The van der Waals surface area contributed by atoms with E-state index in [0.717, 1.165) is 26.0 Å². The highest BCUT2D eigenvalue weighted by Crippen LogP contribution is 2.39. The number of hydrogen-bond donors (Lipinski definition) is 1. The first kappa shape index (κ1) is 20.8. The Morgan fingerprint density at radius 2 is 1.72 bits per heavy atom. The van der Waals surface area contributed by atoms with Crippen molar-refractivity contribution in [2.24, 2.45) is 0 Å². The van der Waals surface area contributed by atoms with Crippen LogP contribution in [0, 0.1) is 0 Å². The maximum atomic E-state index is 12.6. The van der Waals surface area contributed by atoms with Crippen LogP contribution in [0.1, 0.15) is 0 Å². The van der Waals surface area contributed by atoms with E-state index >= 15 is 0 Å². The van der Waals surface area contributed by atoms with Crippen LogP contribution in [0.4, 0.5) is 5.69 Å². The molecule has 4 nitrogen and oxygen atoms in total. The topological polar surface area (TPSA) is 51.2 Å². The van der Waals surface area contributed by atoms with Crippen LogP contribution in [0.2, 0.25) is 10.0 Å². The van der Waals surface area contributed by atoms with Crippen LogP contribution in [0.15, 0.2) is 78.9 Å². The second kappa shape index (κ2) is 8.79. The number of ether oxygens (including phenoxy) is 1. The van der Waals surface area contributed by atoms with Crippen molar-refractivity contribution in [1.29, 1.82) is 0 Å². The monoisotopic (exact) mass is 478 g/mol. The molecule has 0 aliphatic heterocycles. The quantitative estimate of drug-likeness (QED) is 0.285. The molecule has 0 atom stereocenters. The van der Waals surface area contributed by atoms with Gasteiger partial charge in [-0.15, -0.1) is 11.3 Å². The highest BCUT2D eigenvalue weighted by Gasteiger charge is 2.15. The van der Waals surface area contributed by atoms with Gasteiger partial charge in [-0.3, -0.25) is 4.79 Å². The number of rotatable bonds is 5. The summed E-state index contributed by atoms with van der Waals surface area (Å²) in [7, 11) is 0. The second-order valence-corrected chi connectivity index (χ2v) is 8.96. The first-order valence-electron chi connectivity index (χ1n) is 9.84. The number of anilines is 1. The van der Waals surface area contributed by atoms with Crippen molar-refractivity contribution in [3.05, 3.63) is 88.9 Å². The zero-order valence-corrected chi connectivity index (χ0v) is 19.0. The Morgan fingerprint density at radius 1 is 0.938 bits per heavy atom. The molecular formula is C25H16Cl2N2O2S. The largest absolute Gasteiger partial charge is 0.483 e. The van der Waals surface area contributed by atoms with E-state index < -0.39 is 0 Å². The van der Waals surface area contributed by atoms with E-state index in [2.05, 4.69) is 10.3 Å². The standard InChI is InChI=1S/C25H16Cl2N2O2S/c26-18-13-19(27)21(12-17(18)25-29-20-9-3-4-11-23(20)32-25)28-24(30)14-31-22-10-5-7-15-6-1-2-8-16(15)22/h1-13H,14H2,(H,28,30). The molecule has 5 aromatic rings. The molecule has 158 valence electrons. The molecule has 0 radical (unpaired) electrons. The van der Waals surface area contributed by atoms with Crippen molar-refractivity contribution >= 4 is 67.1 Å². The molecule has 0 saturated heterocycles. The van der Waals surface area contributed by atoms with Crippen molar-refractivity contribution in [3.8, 4) is 16.3 Å². The number of aromatic nitrogens is 1. The lowest BCUT2D eigenvalue weighted by Gasteiger charge is -2.12. The minimum absolute atomic E-state index is 0.149. The average Bonchev–Trinajstić information content (AvgIpc) is 3.23. The zero-order valence-electron chi connectivity index (χ0n) is 16.6. The number of para-hydroxylation sites is 1. The summed E-state index contributed by atoms with van der Waals surface area (Å²) in [4.78, 5) is 17.3. The number of nitrogens with zero attached hydrogens (tertiary/aromatic N) is 1. The van der Waals surface area contributed by atoms with Crippen LogP contribution in [0.25, 0.3) is 31.6 Å². The summed E-state index contributed by atoms with van der Waals surface area (Å²) in [5, 5.41) is 6.40. The lowest BCUT2D eigenvalue weighted by molar-refractivity contribution is -0.118. The minimum Gasteiger partial charge on any atom is -0.483 e. The van der Waals surface area contributed by atoms with E-state index in [9.17, 15) is 4.79 Å². The van der Waals surface area contributed by atoms with Crippen molar-refractivity contribution in [3.63, 3.8) is 0 Å². The zero-order chi connectivity index (χ0) is 22.1. The Bertz CT molecular complexity index is 1430. The predicted octanol–water partition coefficient (Wildman–Crippen LogP) is 7.44. The van der Waals surface area contributed by atoms with Crippen LogP contribution >= 0.6 is 34.5 Å². The SMILES string of the molecule is O=C(COc1cccc2ccccc12)Nc1cc(-c2nc3ccccc3s2)c(Cl)cc1Cl. The number of carbonyl (C=O) groups is 1. The van der Waals surface area contributed by atoms with Crippen molar-refractivity contribution < 1.29 is 9.53 Å². The van der Waals surface area contributed by atoms with E-state index in [4.69, 9.17) is 27.9 Å². The minimum atomic E-state index is -0.322. The van der Waals surface area contributed by atoms with Gasteiger partial charge in [0.1, 0.15) is 10.8 Å². The van der Waals surface area contributed by atoms with E-state index in [1.165, 1.54) is 11.3 Å². The Balaban J connectivity index is 1.36. The third-order valence-electron chi connectivity index (χ3n) is 4.96. The Kier molecular flexibility index (Phi) is 5.70. The molecule has 0 bridgehead atoms. The molecule has 4 aromatic carbocycles. The number of hydrogen-bond acceptors (Lipinski definition) is 4. The molecule has 1 heterocycles. The van der Waals surface area contributed by atoms with Gasteiger partial charge in [0, 0.05) is 10.9 Å². The van der Waals surface area contributed by atoms with Gasteiger partial charge in [0.05, 0.1) is 25.9 Å². The summed E-state index contributed by atoms with van der Waals surface area (Å²) in [6.45, 7) is -0.149. The van der Waals surface area contributed by atoms with Crippen LogP contribution in [-0.4, -0.2) is 17.5 Å². The van der Waals surface area contributed by atoms with Gasteiger partial charge >= 0.3 is 0 Å². The molecule has 1 N–H and O–H groups in total. The molecule has 0 aliphatic rings. The third kappa shape index (κ3) is 4.15. The Morgan fingerprint density at radius 3 is 2.59 bits per heavy atom. The van der Waals surface area contributed by atoms with Gasteiger partial charge in [0.25, 0.3) is 5.91 Å². The molecule has 0 unspecified atom stereocenters.